The van der Waals surface area contributed by atoms with E-state index in [1.807, 2.05) is 0 Å². The highest BCUT2D eigenvalue weighted by atomic mass is 16.4. The molecule has 0 aliphatic rings. The molecule has 182 valence electrons. The molecule has 2 unspecified atom stereocenters. The first-order valence-electron chi connectivity index (χ1n) is 12.8. The van der Waals surface area contributed by atoms with Crippen LogP contribution in [-0.4, -0.2) is 28.1 Å². The lowest BCUT2D eigenvalue weighted by Gasteiger charge is -2.20. The zero-order chi connectivity index (χ0) is 23.4. The number of aliphatic hydroxyl groups is 1. The Balaban J connectivity index is 2.02. The Morgan fingerprint density at radius 1 is 0.750 bits per heavy atom. The minimum absolute atomic E-state index is 0.295. The number of carboxylic acid groups (broad SMARTS) is 1. The average Bonchev–Trinajstić information content (AvgIpc) is 2.80. The summed E-state index contributed by atoms with van der Waals surface area (Å²) in [5.74, 6) is -1.55. The Kier molecular flexibility index (Phi) is 16.4. The molecule has 5 nitrogen and oxygen atoms in total. The van der Waals surface area contributed by atoms with Gasteiger partial charge in [-0.05, 0) is 12.0 Å². The first-order chi connectivity index (χ1) is 15.6. The molecule has 1 amide bonds. The van der Waals surface area contributed by atoms with E-state index in [4.69, 9.17) is 0 Å². The van der Waals surface area contributed by atoms with Crippen molar-refractivity contribution in [2.45, 2.75) is 122 Å². The number of hydrogen-bond acceptors (Lipinski definition) is 3. The summed E-state index contributed by atoms with van der Waals surface area (Å²) >= 11 is 0. The maximum Gasteiger partial charge on any atom is 0.329 e. The van der Waals surface area contributed by atoms with Crippen LogP contribution in [0, 0.1) is 0 Å². The fraction of sp³-hybridized carbons (Fsp3) is 0.704. The van der Waals surface area contributed by atoms with E-state index in [9.17, 15) is 19.8 Å². The summed E-state index contributed by atoms with van der Waals surface area (Å²) in [6.45, 7) is 2.26. The summed E-state index contributed by atoms with van der Waals surface area (Å²) in [6.07, 6.45) is 18.0. The predicted octanol–water partition coefficient (Wildman–Crippen LogP) is 6.55. The minimum atomic E-state index is -1.33. The van der Waals surface area contributed by atoms with Crippen LogP contribution in [0.4, 0.5) is 0 Å². The van der Waals surface area contributed by atoms with Crippen molar-refractivity contribution in [2.24, 2.45) is 0 Å². The van der Waals surface area contributed by atoms with E-state index in [0.717, 1.165) is 19.3 Å². The molecule has 0 aliphatic carbocycles. The smallest absolute Gasteiger partial charge is 0.329 e. The van der Waals surface area contributed by atoms with Crippen LogP contribution in [0.1, 0.15) is 121 Å². The Labute approximate surface area is 195 Å². The van der Waals surface area contributed by atoms with Crippen molar-refractivity contribution in [1.29, 1.82) is 0 Å². The Morgan fingerprint density at radius 3 is 1.62 bits per heavy atom. The summed E-state index contributed by atoms with van der Waals surface area (Å²) in [5, 5.41) is 22.2. The van der Waals surface area contributed by atoms with E-state index in [-0.39, 0.29) is 5.91 Å². The number of unbranched alkanes of at least 4 members (excludes halogenated alkanes) is 14. The lowest BCUT2D eigenvalue weighted by molar-refractivity contribution is -0.145. The van der Waals surface area contributed by atoms with Crippen LogP contribution in [0.2, 0.25) is 0 Å². The van der Waals surface area contributed by atoms with Crippen molar-refractivity contribution in [3.8, 4) is 0 Å². The predicted molar refractivity (Wildman–Crippen MR) is 131 cm³/mol. The second-order valence-electron chi connectivity index (χ2n) is 8.94. The molecule has 2 atom stereocenters. The van der Waals surface area contributed by atoms with Crippen LogP contribution in [0.25, 0.3) is 0 Å². The van der Waals surface area contributed by atoms with Gasteiger partial charge in [0.25, 0.3) is 0 Å². The normalized spacial score (nSPS) is 12.9. The molecule has 5 heteroatoms. The molecule has 0 aliphatic heterocycles. The molecule has 0 radical (unpaired) electrons. The van der Waals surface area contributed by atoms with E-state index in [1.54, 1.807) is 30.3 Å². The highest BCUT2D eigenvalue weighted by Crippen LogP contribution is 2.17. The number of carbonyl (C=O) groups excluding carboxylic acids is 1. The number of aliphatic hydroxyl groups excluding tert-OH is 1. The van der Waals surface area contributed by atoms with Gasteiger partial charge in [-0.15, -0.1) is 0 Å². The minimum Gasteiger partial charge on any atom is -0.480 e. The van der Waals surface area contributed by atoms with Crippen molar-refractivity contribution >= 4 is 11.9 Å². The molecular formula is C27H45NO4. The molecule has 0 aromatic heterocycles. The number of amides is 1. The molecule has 1 aromatic carbocycles. The van der Waals surface area contributed by atoms with Gasteiger partial charge in [0, 0.05) is 6.42 Å². The number of rotatable bonds is 20. The molecule has 1 aromatic rings. The molecule has 0 fully saturated rings. The number of hydrogen-bond donors (Lipinski definition) is 3. The van der Waals surface area contributed by atoms with Gasteiger partial charge in [-0.2, -0.15) is 0 Å². The van der Waals surface area contributed by atoms with Crippen LogP contribution < -0.4 is 5.32 Å². The SMILES string of the molecule is CCCCCCCCCCCCCCCCCC(=O)NC(C(=O)O)C(O)c1ccccc1. The lowest BCUT2D eigenvalue weighted by atomic mass is 10.0. The second kappa shape index (κ2) is 18.7. The van der Waals surface area contributed by atoms with Crippen molar-refractivity contribution in [2.75, 3.05) is 0 Å². The maximum atomic E-state index is 12.1. The Morgan fingerprint density at radius 2 is 1.19 bits per heavy atom. The topological polar surface area (TPSA) is 86.6 Å². The van der Waals surface area contributed by atoms with Gasteiger partial charge in [0.1, 0.15) is 6.10 Å². The third kappa shape index (κ3) is 13.5. The van der Waals surface area contributed by atoms with Gasteiger partial charge in [-0.25, -0.2) is 4.79 Å². The standard InChI is InChI=1S/C27H45NO4/c1-2-3-4-5-6-7-8-9-10-11-12-13-14-15-19-22-24(29)28-25(27(31)32)26(30)23-20-17-16-18-21-23/h16-18,20-21,25-26,30H,2-15,19,22H2,1H3,(H,28,29)(H,31,32). The Hall–Kier alpha value is -1.88. The molecule has 0 bridgehead atoms. The fourth-order valence-electron chi connectivity index (χ4n) is 4.02. The quantitative estimate of drug-likeness (QED) is 0.198. The Bertz CT molecular complexity index is 605. The summed E-state index contributed by atoms with van der Waals surface area (Å²) in [4.78, 5) is 23.6. The fourth-order valence-corrected chi connectivity index (χ4v) is 4.02. The van der Waals surface area contributed by atoms with E-state index >= 15 is 0 Å². The van der Waals surface area contributed by atoms with Crippen LogP contribution in [0.3, 0.4) is 0 Å². The zero-order valence-electron chi connectivity index (χ0n) is 20.1. The summed E-state index contributed by atoms with van der Waals surface area (Å²) < 4.78 is 0. The van der Waals surface area contributed by atoms with Gasteiger partial charge >= 0.3 is 5.97 Å². The van der Waals surface area contributed by atoms with Crippen LogP contribution in [0.15, 0.2) is 30.3 Å². The number of carbonyl (C=O) groups is 2. The van der Waals surface area contributed by atoms with Crippen LogP contribution in [-0.2, 0) is 9.59 Å². The average molecular weight is 448 g/mol. The first-order valence-corrected chi connectivity index (χ1v) is 12.8. The number of carboxylic acids is 1. The molecule has 0 spiro atoms. The van der Waals surface area contributed by atoms with Gasteiger partial charge in [0.15, 0.2) is 6.04 Å². The number of benzene rings is 1. The van der Waals surface area contributed by atoms with Crippen molar-refractivity contribution in [3.63, 3.8) is 0 Å². The number of nitrogens with one attached hydrogen (secondary N) is 1. The summed E-state index contributed by atoms with van der Waals surface area (Å²) in [5.41, 5.74) is 0.479. The third-order valence-corrected chi connectivity index (χ3v) is 6.05. The first kappa shape index (κ1) is 28.2. The number of aliphatic carboxylic acids is 1. The van der Waals surface area contributed by atoms with E-state index < -0.39 is 18.1 Å². The lowest BCUT2D eigenvalue weighted by Crippen LogP contribution is -2.44. The van der Waals surface area contributed by atoms with Gasteiger partial charge in [0.2, 0.25) is 5.91 Å². The highest BCUT2D eigenvalue weighted by Gasteiger charge is 2.29. The molecule has 1 rings (SSSR count). The van der Waals surface area contributed by atoms with E-state index in [1.165, 1.54) is 77.0 Å². The van der Waals surface area contributed by atoms with E-state index in [2.05, 4.69) is 12.2 Å². The largest absolute Gasteiger partial charge is 0.480 e. The third-order valence-electron chi connectivity index (χ3n) is 6.05. The van der Waals surface area contributed by atoms with E-state index in [0.29, 0.717) is 12.0 Å². The van der Waals surface area contributed by atoms with Crippen molar-refractivity contribution in [1.82, 2.24) is 5.32 Å². The van der Waals surface area contributed by atoms with Crippen molar-refractivity contribution in [3.05, 3.63) is 35.9 Å². The maximum absolute atomic E-state index is 12.1. The monoisotopic (exact) mass is 447 g/mol. The van der Waals surface area contributed by atoms with Gasteiger partial charge in [0.05, 0.1) is 0 Å². The van der Waals surface area contributed by atoms with Crippen molar-refractivity contribution < 1.29 is 19.8 Å². The summed E-state index contributed by atoms with van der Waals surface area (Å²) in [6, 6.07) is 7.23. The van der Waals surface area contributed by atoms with Gasteiger partial charge < -0.3 is 15.5 Å². The van der Waals surface area contributed by atoms with Crippen LogP contribution >= 0.6 is 0 Å². The molecule has 32 heavy (non-hydrogen) atoms. The molecule has 3 N–H and O–H groups in total. The van der Waals surface area contributed by atoms with Gasteiger partial charge in [-0.3, -0.25) is 4.79 Å². The molecular weight excluding hydrogens is 402 g/mol. The molecule has 0 saturated carbocycles. The highest BCUT2D eigenvalue weighted by molar-refractivity contribution is 5.84. The van der Waals surface area contributed by atoms with Gasteiger partial charge in [-0.1, -0.05) is 127 Å². The van der Waals surface area contributed by atoms with Crippen LogP contribution in [0.5, 0.6) is 0 Å². The molecule has 0 saturated heterocycles. The zero-order valence-corrected chi connectivity index (χ0v) is 20.1. The second-order valence-corrected chi connectivity index (χ2v) is 8.94. The molecule has 0 heterocycles. The summed E-state index contributed by atoms with van der Waals surface area (Å²) in [7, 11) is 0.